The minimum absolute atomic E-state index is 0.0157. The molecule has 3 aliphatic rings. The van der Waals surface area contributed by atoms with E-state index < -0.39 is 0 Å². The maximum absolute atomic E-state index is 13.6. The Morgan fingerprint density at radius 3 is 2.42 bits per heavy atom. The molecule has 9 nitrogen and oxygen atoms in total. The molecule has 0 aromatic heterocycles. The highest BCUT2D eigenvalue weighted by molar-refractivity contribution is 5.94. The zero-order chi connectivity index (χ0) is 25.1. The Bertz CT molecular complexity index is 1090. The summed E-state index contributed by atoms with van der Waals surface area (Å²) in [6, 6.07) is 13.4. The van der Waals surface area contributed by atoms with Gasteiger partial charge in [-0.1, -0.05) is 6.07 Å². The van der Waals surface area contributed by atoms with Gasteiger partial charge < -0.3 is 29.3 Å². The topological polar surface area (TPSA) is 83.6 Å². The predicted octanol–water partition coefficient (Wildman–Crippen LogP) is 1.86. The van der Waals surface area contributed by atoms with Crippen LogP contribution in [-0.4, -0.2) is 94.4 Å². The van der Waals surface area contributed by atoms with Gasteiger partial charge in [0, 0.05) is 50.2 Å². The summed E-state index contributed by atoms with van der Waals surface area (Å²) in [4.78, 5) is 32.9. The van der Waals surface area contributed by atoms with Crippen LogP contribution in [0.25, 0.3) is 0 Å². The number of benzene rings is 2. The number of fused-ring (bicyclic) bond motifs is 3. The maximum atomic E-state index is 13.6. The van der Waals surface area contributed by atoms with Crippen LogP contribution >= 0.6 is 0 Å². The summed E-state index contributed by atoms with van der Waals surface area (Å²) in [5.41, 5.74) is 3.00. The van der Waals surface area contributed by atoms with Crippen LogP contribution in [0.15, 0.2) is 42.5 Å². The van der Waals surface area contributed by atoms with Gasteiger partial charge in [0.15, 0.2) is 0 Å². The van der Waals surface area contributed by atoms with Gasteiger partial charge in [0.25, 0.3) is 0 Å². The summed E-state index contributed by atoms with van der Waals surface area (Å²) in [6.07, 6.45) is 0.633. The lowest BCUT2D eigenvalue weighted by Crippen LogP contribution is -2.61. The number of methoxy groups -OCH3 is 2. The minimum atomic E-state index is -0.255. The second-order valence-corrected chi connectivity index (χ2v) is 9.51. The maximum Gasteiger partial charge on any atom is 0.236 e. The minimum Gasteiger partial charge on any atom is -0.497 e. The van der Waals surface area contributed by atoms with Crippen LogP contribution in [0, 0.1) is 5.92 Å². The number of nitrogens with zero attached hydrogens (tertiary/aromatic N) is 3. The van der Waals surface area contributed by atoms with Crippen molar-refractivity contribution < 1.29 is 23.8 Å². The monoisotopic (exact) mass is 494 g/mol. The van der Waals surface area contributed by atoms with Gasteiger partial charge in [-0.15, -0.1) is 0 Å². The van der Waals surface area contributed by atoms with Crippen molar-refractivity contribution >= 4 is 23.2 Å². The molecule has 5 rings (SSSR count). The lowest BCUT2D eigenvalue weighted by Gasteiger charge is -2.49. The van der Waals surface area contributed by atoms with Crippen LogP contribution in [0.1, 0.15) is 5.56 Å². The van der Waals surface area contributed by atoms with Crippen molar-refractivity contribution in [3.63, 3.8) is 0 Å². The van der Waals surface area contributed by atoms with Gasteiger partial charge >= 0.3 is 0 Å². The van der Waals surface area contributed by atoms with E-state index in [1.54, 1.807) is 14.2 Å². The first-order chi connectivity index (χ1) is 17.6. The van der Waals surface area contributed by atoms with Crippen molar-refractivity contribution in [3.05, 3.63) is 48.0 Å². The number of carbonyl (C=O) groups excluding carboxylic acids is 2. The van der Waals surface area contributed by atoms with Crippen molar-refractivity contribution in [3.8, 4) is 11.5 Å². The number of hydrogen-bond acceptors (Lipinski definition) is 7. The molecule has 2 saturated heterocycles. The standard InChI is InChI=1S/C27H34N4O5/c1-34-21-7-4-20(5-8-21)28-27(33)23-15-19-3-6-22(35-2)16-24(19)31-10-9-29(17-25(23)31)18-26(32)30-11-13-36-14-12-30/h3-8,16,23,25H,9-15,17-18H2,1-2H3,(H,28,33)/t23-,25+/m0/s1. The van der Waals surface area contributed by atoms with Gasteiger partial charge in [-0.3, -0.25) is 14.5 Å². The van der Waals surface area contributed by atoms with E-state index in [1.807, 2.05) is 35.2 Å². The Labute approximate surface area is 211 Å². The van der Waals surface area contributed by atoms with Crippen molar-refractivity contribution in [2.24, 2.45) is 5.92 Å². The number of morpholine rings is 1. The van der Waals surface area contributed by atoms with E-state index in [-0.39, 0.29) is 23.8 Å². The summed E-state index contributed by atoms with van der Waals surface area (Å²) >= 11 is 0. The van der Waals surface area contributed by atoms with Crippen LogP contribution in [0.2, 0.25) is 0 Å². The molecule has 0 spiro atoms. The Morgan fingerprint density at radius 2 is 1.69 bits per heavy atom. The second-order valence-electron chi connectivity index (χ2n) is 9.51. The lowest BCUT2D eigenvalue weighted by molar-refractivity contribution is -0.136. The fraction of sp³-hybridized carbons (Fsp3) is 0.481. The molecule has 2 aromatic carbocycles. The first kappa shape index (κ1) is 24.4. The summed E-state index contributed by atoms with van der Waals surface area (Å²) in [7, 11) is 3.29. The number of anilines is 2. The molecular formula is C27H34N4O5. The van der Waals surface area contributed by atoms with Crippen LogP contribution < -0.4 is 19.7 Å². The van der Waals surface area contributed by atoms with Crippen LogP contribution in [0.3, 0.4) is 0 Å². The molecule has 3 aliphatic heterocycles. The number of ether oxygens (including phenoxy) is 3. The summed E-state index contributed by atoms with van der Waals surface area (Å²) in [5.74, 6) is 1.40. The van der Waals surface area contributed by atoms with Gasteiger partial charge in [0.2, 0.25) is 11.8 Å². The van der Waals surface area contributed by atoms with E-state index in [0.717, 1.165) is 41.5 Å². The van der Waals surface area contributed by atoms with Crippen molar-refractivity contribution in [1.82, 2.24) is 9.80 Å². The number of hydrogen-bond donors (Lipinski definition) is 1. The van der Waals surface area contributed by atoms with Crippen LogP contribution in [0.5, 0.6) is 11.5 Å². The molecule has 2 amide bonds. The van der Waals surface area contributed by atoms with Gasteiger partial charge in [-0.05, 0) is 42.3 Å². The number of amides is 2. The highest BCUT2D eigenvalue weighted by Gasteiger charge is 2.42. The highest BCUT2D eigenvalue weighted by atomic mass is 16.5. The molecule has 2 fully saturated rings. The smallest absolute Gasteiger partial charge is 0.236 e. The number of nitrogens with one attached hydrogen (secondary N) is 1. The lowest BCUT2D eigenvalue weighted by atomic mass is 9.83. The fourth-order valence-corrected chi connectivity index (χ4v) is 5.42. The zero-order valence-corrected chi connectivity index (χ0v) is 20.9. The predicted molar refractivity (Wildman–Crippen MR) is 137 cm³/mol. The third-order valence-electron chi connectivity index (χ3n) is 7.43. The summed E-state index contributed by atoms with van der Waals surface area (Å²) < 4.78 is 16.1. The highest BCUT2D eigenvalue weighted by Crippen LogP contribution is 2.38. The van der Waals surface area contributed by atoms with Crippen molar-refractivity contribution in [2.75, 3.05) is 76.9 Å². The Morgan fingerprint density at radius 1 is 0.972 bits per heavy atom. The quantitative estimate of drug-likeness (QED) is 0.656. The van der Waals surface area contributed by atoms with E-state index in [4.69, 9.17) is 14.2 Å². The molecule has 0 radical (unpaired) electrons. The van der Waals surface area contributed by atoms with Crippen LogP contribution in [0.4, 0.5) is 11.4 Å². The fourth-order valence-electron chi connectivity index (χ4n) is 5.42. The molecule has 9 heteroatoms. The molecule has 3 heterocycles. The van der Waals surface area contributed by atoms with E-state index in [0.29, 0.717) is 45.8 Å². The first-order valence-electron chi connectivity index (χ1n) is 12.5. The van der Waals surface area contributed by atoms with E-state index >= 15 is 0 Å². The first-order valence-corrected chi connectivity index (χ1v) is 12.5. The largest absolute Gasteiger partial charge is 0.497 e. The molecule has 0 saturated carbocycles. The SMILES string of the molecule is COc1ccc(NC(=O)[C@H]2Cc3ccc(OC)cc3N3CCN(CC(=O)N4CCOCC4)C[C@H]23)cc1. The number of carbonyl (C=O) groups is 2. The van der Waals surface area contributed by atoms with E-state index in [2.05, 4.69) is 27.2 Å². The van der Waals surface area contributed by atoms with Gasteiger partial charge in [0.1, 0.15) is 11.5 Å². The summed E-state index contributed by atoms with van der Waals surface area (Å²) in [5, 5.41) is 3.10. The Kier molecular flexibility index (Phi) is 7.29. The molecule has 192 valence electrons. The molecule has 1 N–H and O–H groups in total. The van der Waals surface area contributed by atoms with E-state index in [1.165, 1.54) is 0 Å². The molecule has 2 aromatic rings. The van der Waals surface area contributed by atoms with Crippen molar-refractivity contribution in [1.29, 1.82) is 0 Å². The molecule has 2 atom stereocenters. The number of rotatable bonds is 6. The molecular weight excluding hydrogens is 460 g/mol. The third kappa shape index (κ3) is 5.12. The average molecular weight is 495 g/mol. The molecule has 36 heavy (non-hydrogen) atoms. The number of piperazine rings is 1. The molecule has 0 unspecified atom stereocenters. The summed E-state index contributed by atoms with van der Waals surface area (Å²) in [6.45, 7) is 4.98. The Balaban J connectivity index is 1.36. The zero-order valence-electron chi connectivity index (χ0n) is 20.9. The van der Waals surface area contributed by atoms with Gasteiger partial charge in [0.05, 0.1) is 45.9 Å². The third-order valence-corrected chi connectivity index (χ3v) is 7.43. The van der Waals surface area contributed by atoms with E-state index in [9.17, 15) is 9.59 Å². The van der Waals surface area contributed by atoms with Crippen LogP contribution in [-0.2, 0) is 20.7 Å². The average Bonchev–Trinajstić information content (AvgIpc) is 2.93. The van der Waals surface area contributed by atoms with Crippen molar-refractivity contribution in [2.45, 2.75) is 12.5 Å². The molecule has 0 bridgehead atoms. The molecule has 0 aliphatic carbocycles. The van der Waals surface area contributed by atoms with Gasteiger partial charge in [-0.25, -0.2) is 0 Å². The Hall–Kier alpha value is -3.30. The normalized spacial score (nSPS) is 21.8. The second kappa shape index (κ2) is 10.8. The van der Waals surface area contributed by atoms with Gasteiger partial charge in [-0.2, -0.15) is 0 Å².